The monoisotopic (exact) mass is 588 g/mol. The highest BCUT2D eigenvalue weighted by Crippen LogP contribution is 2.44. The van der Waals surface area contributed by atoms with E-state index in [2.05, 4.69) is 14.7 Å². The lowest BCUT2D eigenvalue weighted by Crippen LogP contribution is -2.17. The minimum atomic E-state index is -4.90. The zero-order valence-corrected chi connectivity index (χ0v) is 22.0. The van der Waals surface area contributed by atoms with Crippen molar-refractivity contribution in [1.82, 2.24) is 9.97 Å². The van der Waals surface area contributed by atoms with E-state index in [0.29, 0.717) is 22.4 Å². The SMILES string of the molecule is O=S(=O)(CC1CC1)c1ccc(Cc2nc3c(Cl)c(-c4ccccc4OC(F)(F)F)c(Cl)cc3[nH]2)c(Cl)c1. The number of rotatable bonds is 7. The Hall–Kier alpha value is -2.46. The van der Waals surface area contributed by atoms with Gasteiger partial charge in [0.1, 0.15) is 17.1 Å². The van der Waals surface area contributed by atoms with Crippen molar-refractivity contribution < 1.29 is 26.3 Å². The number of halogens is 6. The van der Waals surface area contributed by atoms with Gasteiger partial charge in [0.25, 0.3) is 0 Å². The van der Waals surface area contributed by atoms with Crippen molar-refractivity contribution in [2.75, 3.05) is 5.75 Å². The largest absolute Gasteiger partial charge is 0.573 e. The average molecular weight is 590 g/mol. The number of imidazole rings is 1. The first-order chi connectivity index (χ1) is 17.4. The molecule has 3 aromatic carbocycles. The molecule has 0 spiro atoms. The Balaban J connectivity index is 1.48. The Morgan fingerprint density at radius 1 is 1.03 bits per heavy atom. The number of aromatic nitrogens is 2. The molecule has 1 aromatic heterocycles. The Labute approximate surface area is 225 Å². The highest BCUT2D eigenvalue weighted by atomic mass is 35.5. The van der Waals surface area contributed by atoms with Crippen LogP contribution in [0.5, 0.6) is 5.75 Å². The molecule has 0 amide bonds. The molecular weight excluding hydrogens is 572 g/mol. The molecule has 1 N–H and O–H groups in total. The third-order valence-corrected chi connectivity index (χ3v) is 8.89. The molecule has 0 bridgehead atoms. The highest BCUT2D eigenvalue weighted by Gasteiger charge is 2.33. The Kier molecular flexibility index (Phi) is 6.85. The predicted octanol–water partition coefficient (Wildman–Crippen LogP) is 7.86. The van der Waals surface area contributed by atoms with Crippen molar-refractivity contribution in [2.45, 2.75) is 30.5 Å². The molecule has 1 aliphatic rings. The molecule has 1 saturated carbocycles. The van der Waals surface area contributed by atoms with Gasteiger partial charge in [-0.1, -0.05) is 59.1 Å². The third-order valence-electron chi connectivity index (χ3n) is 5.99. The molecule has 1 heterocycles. The minimum Gasteiger partial charge on any atom is -0.405 e. The lowest BCUT2D eigenvalue weighted by atomic mass is 10.0. The Morgan fingerprint density at radius 2 is 1.76 bits per heavy atom. The fourth-order valence-corrected chi connectivity index (χ4v) is 6.82. The number of sulfone groups is 1. The standard InChI is InChI=1S/C25H18Cl3F3N2O3S/c26-17-10-15(37(34,35)12-13-5-6-13)8-7-14(17)9-21-32-19-11-18(27)22(23(28)24(19)33-21)16-3-1-2-4-20(16)36-25(29,30)31/h1-4,7-8,10-11,13H,5-6,9,12H2,(H,32,33). The van der Waals surface area contributed by atoms with Gasteiger partial charge in [-0.05, 0) is 48.6 Å². The lowest BCUT2D eigenvalue weighted by molar-refractivity contribution is -0.274. The van der Waals surface area contributed by atoms with Crippen LogP contribution >= 0.6 is 34.8 Å². The molecule has 1 aliphatic carbocycles. The Morgan fingerprint density at radius 3 is 2.43 bits per heavy atom. The second-order valence-corrected chi connectivity index (χ2v) is 12.1. The molecular formula is C25H18Cl3F3N2O3S. The first kappa shape index (κ1) is 26.2. The summed E-state index contributed by atoms with van der Waals surface area (Å²) in [5.41, 5.74) is 1.63. The van der Waals surface area contributed by atoms with Gasteiger partial charge in [0.15, 0.2) is 9.84 Å². The molecule has 12 heteroatoms. The number of fused-ring (bicyclic) bond motifs is 1. The summed E-state index contributed by atoms with van der Waals surface area (Å²) in [6.07, 6.45) is -2.82. The van der Waals surface area contributed by atoms with Crippen molar-refractivity contribution in [3.63, 3.8) is 0 Å². The van der Waals surface area contributed by atoms with Crippen molar-refractivity contribution in [3.8, 4) is 16.9 Å². The van der Waals surface area contributed by atoms with Crippen LogP contribution in [-0.2, 0) is 16.3 Å². The second-order valence-electron chi connectivity index (χ2n) is 8.83. The van der Waals surface area contributed by atoms with Crippen LogP contribution in [0.2, 0.25) is 15.1 Å². The van der Waals surface area contributed by atoms with Gasteiger partial charge in [-0.25, -0.2) is 13.4 Å². The maximum absolute atomic E-state index is 12.9. The van der Waals surface area contributed by atoms with Crippen molar-refractivity contribution in [2.24, 2.45) is 5.92 Å². The van der Waals surface area contributed by atoms with Crippen LogP contribution in [0.1, 0.15) is 24.2 Å². The van der Waals surface area contributed by atoms with E-state index in [9.17, 15) is 21.6 Å². The van der Waals surface area contributed by atoms with Crippen LogP contribution in [0.4, 0.5) is 13.2 Å². The van der Waals surface area contributed by atoms with E-state index >= 15 is 0 Å². The van der Waals surface area contributed by atoms with Crippen LogP contribution in [0, 0.1) is 5.92 Å². The normalized spacial score (nSPS) is 14.3. The first-order valence-electron chi connectivity index (χ1n) is 11.1. The number of benzene rings is 3. The molecule has 0 aliphatic heterocycles. The topological polar surface area (TPSA) is 72.1 Å². The van der Waals surface area contributed by atoms with Crippen LogP contribution in [0.15, 0.2) is 53.4 Å². The summed E-state index contributed by atoms with van der Waals surface area (Å²) in [6, 6.07) is 11.7. The van der Waals surface area contributed by atoms with Gasteiger partial charge in [-0.3, -0.25) is 0 Å². The number of para-hydroxylation sites is 1. The summed E-state index contributed by atoms with van der Waals surface area (Å²) in [4.78, 5) is 7.79. The lowest BCUT2D eigenvalue weighted by Gasteiger charge is -2.15. The maximum Gasteiger partial charge on any atom is 0.573 e. The number of nitrogens with one attached hydrogen (secondary N) is 1. The summed E-state index contributed by atoms with van der Waals surface area (Å²) in [5, 5.41) is 0.436. The predicted molar refractivity (Wildman–Crippen MR) is 137 cm³/mol. The molecule has 5 nitrogen and oxygen atoms in total. The average Bonchev–Trinajstić information content (AvgIpc) is 3.51. The summed E-state index contributed by atoms with van der Waals surface area (Å²) in [5.74, 6) is 0.343. The number of H-pyrrole nitrogens is 1. The fourth-order valence-electron chi connectivity index (χ4n) is 4.09. The molecule has 0 saturated heterocycles. The van der Waals surface area contributed by atoms with Gasteiger partial charge in [0.2, 0.25) is 0 Å². The van der Waals surface area contributed by atoms with E-state index < -0.39 is 21.9 Å². The van der Waals surface area contributed by atoms with Gasteiger partial charge in [-0.2, -0.15) is 0 Å². The highest BCUT2D eigenvalue weighted by molar-refractivity contribution is 7.91. The molecule has 0 atom stereocenters. The van der Waals surface area contributed by atoms with E-state index in [4.69, 9.17) is 34.8 Å². The summed E-state index contributed by atoms with van der Waals surface area (Å²) < 4.78 is 68.1. The van der Waals surface area contributed by atoms with Gasteiger partial charge >= 0.3 is 6.36 Å². The first-order valence-corrected chi connectivity index (χ1v) is 13.9. The van der Waals surface area contributed by atoms with E-state index in [1.54, 1.807) is 12.1 Å². The van der Waals surface area contributed by atoms with Crippen LogP contribution < -0.4 is 4.74 Å². The fraction of sp³-hybridized carbons (Fsp3) is 0.240. The van der Waals surface area contributed by atoms with E-state index in [1.165, 1.54) is 36.4 Å². The van der Waals surface area contributed by atoms with Crippen molar-refractivity contribution >= 4 is 55.7 Å². The summed E-state index contributed by atoms with van der Waals surface area (Å²) in [7, 11) is -3.41. The van der Waals surface area contributed by atoms with Crippen LogP contribution in [-0.4, -0.2) is 30.5 Å². The van der Waals surface area contributed by atoms with Crippen LogP contribution in [0.3, 0.4) is 0 Å². The van der Waals surface area contributed by atoms with E-state index in [1.807, 2.05) is 0 Å². The molecule has 0 radical (unpaired) electrons. The molecule has 1 fully saturated rings. The minimum absolute atomic E-state index is 0.0517. The van der Waals surface area contributed by atoms with Gasteiger partial charge in [-0.15, -0.1) is 13.2 Å². The van der Waals surface area contributed by atoms with Gasteiger partial charge < -0.3 is 9.72 Å². The molecule has 194 valence electrons. The summed E-state index contributed by atoms with van der Waals surface area (Å²) >= 11 is 19.4. The molecule has 37 heavy (non-hydrogen) atoms. The number of nitrogens with zero attached hydrogens (tertiary/aromatic N) is 1. The number of ether oxygens (including phenoxy) is 1. The number of hydrogen-bond acceptors (Lipinski definition) is 4. The second kappa shape index (κ2) is 9.69. The zero-order chi connectivity index (χ0) is 26.5. The van der Waals surface area contributed by atoms with Crippen molar-refractivity contribution in [3.05, 3.63) is 75.0 Å². The maximum atomic E-state index is 12.9. The molecule has 0 unspecified atom stereocenters. The zero-order valence-electron chi connectivity index (χ0n) is 18.9. The molecule has 4 aromatic rings. The molecule has 5 rings (SSSR count). The van der Waals surface area contributed by atoms with Crippen LogP contribution in [0.25, 0.3) is 22.2 Å². The third kappa shape index (κ3) is 5.70. The number of aromatic amines is 1. The summed E-state index contributed by atoms with van der Waals surface area (Å²) in [6.45, 7) is 0. The van der Waals surface area contributed by atoms with E-state index in [0.717, 1.165) is 12.8 Å². The van der Waals surface area contributed by atoms with Gasteiger partial charge in [0, 0.05) is 22.6 Å². The number of hydrogen-bond donors (Lipinski definition) is 1. The Bertz CT molecular complexity index is 1620. The smallest absolute Gasteiger partial charge is 0.405 e. The van der Waals surface area contributed by atoms with Gasteiger partial charge in [0.05, 0.1) is 26.2 Å². The number of alkyl halides is 3. The quantitative estimate of drug-likeness (QED) is 0.238. The van der Waals surface area contributed by atoms with Crippen molar-refractivity contribution in [1.29, 1.82) is 0 Å². The van der Waals surface area contributed by atoms with E-state index in [-0.39, 0.29) is 49.2 Å².